The maximum absolute atomic E-state index is 14.0. The van der Waals surface area contributed by atoms with Gasteiger partial charge in [0, 0.05) is 10.5 Å². The maximum Gasteiger partial charge on any atom is 0.180 e. The van der Waals surface area contributed by atoms with Crippen LogP contribution in [0.1, 0.15) is 63.8 Å². The second-order valence-corrected chi connectivity index (χ2v) is 12.6. The molecular formula is C34H27BrF8N2. The smallest absolute Gasteiger partial charge is 0.180 e. The zero-order valence-electron chi connectivity index (χ0n) is 25.0. The van der Waals surface area contributed by atoms with Crippen molar-refractivity contribution in [2.45, 2.75) is 52.4 Å². The van der Waals surface area contributed by atoms with E-state index in [-0.39, 0.29) is 22.5 Å². The molecule has 0 aromatic heterocycles. The Labute approximate surface area is 264 Å². The number of halogens is 9. The molecule has 0 amide bonds. The molecule has 236 valence electrons. The van der Waals surface area contributed by atoms with Crippen molar-refractivity contribution in [2.24, 2.45) is 0 Å². The fourth-order valence-electron chi connectivity index (χ4n) is 3.74. The summed E-state index contributed by atoms with van der Waals surface area (Å²) < 4.78 is 106. The summed E-state index contributed by atoms with van der Waals surface area (Å²) in [6.45, 7) is 12.5. The molecule has 0 aliphatic rings. The van der Waals surface area contributed by atoms with Gasteiger partial charge in [-0.3, -0.25) is 0 Å². The largest absolute Gasteiger partial charge is 0.204 e. The first-order valence-corrected chi connectivity index (χ1v) is 13.9. The first kappa shape index (κ1) is 37.0. The molecule has 0 saturated heterocycles. The van der Waals surface area contributed by atoms with Crippen LogP contribution in [0.3, 0.4) is 0 Å². The molecule has 0 spiro atoms. The van der Waals surface area contributed by atoms with Crippen LogP contribution in [-0.2, 0) is 10.8 Å². The van der Waals surface area contributed by atoms with Gasteiger partial charge in [-0.1, -0.05) is 93.9 Å². The van der Waals surface area contributed by atoms with Crippen molar-refractivity contribution in [3.8, 4) is 23.3 Å². The molecule has 2 nitrogen and oxygen atoms in total. The van der Waals surface area contributed by atoms with Crippen molar-refractivity contribution >= 4 is 15.9 Å². The van der Waals surface area contributed by atoms with Crippen molar-refractivity contribution in [2.75, 3.05) is 0 Å². The number of nitrogens with zero attached hydrogens (tertiary/aromatic N) is 2. The van der Waals surface area contributed by atoms with Gasteiger partial charge in [0.05, 0.1) is 5.56 Å². The van der Waals surface area contributed by atoms with Gasteiger partial charge in [0.2, 0.25) is 0 Å². The van der Waals surface area contributed by atoms with E-state index in [0.717, 1.165) is 22.2 Å². The normalized spacial score (nSPS) is 11.0. The number of hydrogen-bond donors (Lipinski definition) is 0. The van der Waals surface area contributed by atoms with Crippen molar-refractivity contribution in [1.82, 2.24) is 0 Å². The molecule has 11 heteroatoms. The molecule has 4 rings (SSSR count). The highest BCUT2D eigenvalue weighted by Crippen LogP contribution is 2.33. The van der Waals surface area contributed by atoms with Gasteiger partial charge < -0.3 is 0 Å². The molecule has 0 heterocycles. The molecule has 0 aliphatic heterocycles. The number of rotatable bonds is 1. The zero-order valence-corrected chi connectivity index (χ0v) is 26.6. The highest BCUT2D eigenvalue weighted by atomic mass is 79.9. The van der Waals surface area contributed by atoms with E-state index < -0.39 is 63.2 Å². The fourth-order valence-corrected chi connectivity index (χ4v) is 4.01. The van der Waals surface area contributed by atoms with E-state index in [1.54, 1.807) is 12.1 Å². The summed E-state index contributed by atoms with van der Waals surface area (Å²) in [6, 6.07) is 16.7. The lowest BCUT2D eigenvalue weighted by Crippen LogP contribution is -2.10. The van der Waals surface area contributed by atoms with Gasteiger partial charge in [-0.2, -0.15) is 10.5 Å². The third kappa shape index (κ3) is 8.92. The minimum absolute atomic E-state index is 0.00490. The third-order valence-corrected chi connectivity index (χ3v) is 6.88. The van der Waals surface area contributed by atoms with Crippen LogP contribution in [0.5, 0.6) is 0 Å². The van der Waals surface area contributed by atoms with E-state index in [1.165, 1.54) is 17.7 Å². The van der Waals surface area contributed by atoms with Crippen molar-refractivity contribution < 1.29 is 35.1 Å². The van der Waals surface area contributed by atoms with E-state index in [1.807, 2.05) is 20.8 Å². The summed E-state index contributed by atoms with van der Waals surface area (Å²) in [6.07, 6.45) is 0. The predicted octanol–water partition coefficient (Wildman–Crippen LogP) is 10.9. The van der Waals surface area contributed by atoms with Crippen LogP contribution in [0.2, 0.25) is 0 Å². The summed E-state index contributed by atoms with van der Waals surface area (Å²) in [5.74, 6) is -13.0. The Morgan fingerprint density at radius 3 is 1.18 bits per heavy atom. The molecule has 0 atom stereocenters. The van der Waals surface area contributed by atoms with Crippen LogP contribution in [-0.4, -0.2) is 0 Å². The highest BCUT2D eigenvalue weighted by Gasteiger charge is 2.26. The Balaban J connectivity index is 0.000000259. The molecule has 4 aromatic rings. The fraction of sp³-hybridized carbons (Fsp3) is 0.235. The Morgan fingerprint density at radius 2 is 0.844 bits per heavy atom. The van der Waals surface area contributed by atoms with E-state index in [0.29, 0.717) is 0 Å². The first-order valence-electron chi connectivity index (χ1n) is 13.1. The standard InChI is InChI=1S/C17H13F4N.C10H13Br.C7HF4N/c1-17(2,3)10-6-4-9(5-7-10)12-15(20)13(18)11(8-22)14(19)16(12)21;1-10(2,3)8-4-6-9(11)7-5-8;8-4-1-5(9)7(11)3(2-12)6(4)10/h4-7H,1-3H3;4-7H,1-3H3;1H. The molecule has 0 radical (unpaired) electrons. The molecule has 0 aliphatic carbocycles. The van der Waals surface area contributed by atoms with Crippen LogP contribution in [0.4, 0.5) is 35.1 Å². The van der Waals surface area contributed by atoms with Crippen LogP contribution in [0.15, 0.2) is 59.1 Å². The second kappa shape index (κ2) is 14.7. The Morgan fingerprint density at radius 1 is 0.511 bits per heavy atom. The van der Waals surface area contributed by atoms with E-state index in [2.05, 4.69) is 61.0 Å². The van der Waals surface area contributed by atoms with Crippen LogP contribution in [0.25, 0.3) is 11.1 Å². The monoisotopic (exact) mass is 694 g/mol. The lowest BCUT2D eigenvalue weighted by atomic mass is 9.86. The summed E-state index contributed by atoms with van der Waals surface area (Å²) in [7, 11) is 0. The molecule has 0 unspecified atom stereocenters. The number of benzene rings is 4. The van der Waals surface area contributed by atoms with Gasteiger partial charge in [0.1, 0.15) is 23.3 Å². The van der Waals surface area contributed by atoms with E-state index in [9.17, 15) is 35.1 Å². The first-order chi connectivity index (χ1) is 20.8. The molecule has 0 saturated carbocycles. The summed E-state index contributed by atoms with van der Waals surface area (Å²) in [4.78, 5) is 0. The zero-order chi connectivity index (χ0) is 34.4. The van der Waals surface area contributed by atoms with Gasteiger partial charge in [-0.05, 0) is 39.7 Å². The summed E-state index contributed by atoms with van der Waals surface area (Å²) in [5, 5.41) is 16.7. The van der Waals surface area contributed by atoms with Gasteiger partial charge in [-0.25, -0.2) is 35.1 Å². The van der Waals surface area contributed by atoms with Crippen LogP contribution >= 0.6 is 15.9 Å². The lowest BCUT2D eigenvalue weighted by Gasteiger charge is -2.19. The van der Waals surface area contributed by atoms with E-state index >= 15 is 0 Å². The molecular weight excluding hydrogens is 668 g/mol. The predicted molar refractivity (Wildman–Crippen MR) is 159 cm³/mol. The molecule has 0 bridgehead atoms. The average molecular weight is 695 g/mol. The van der Waals surface area contributed by atoms with Gasteiger partial charge in [0.15, 0.2) is 46.5 Å². The number of nitriles is 2. The summed E-state index contributed by atoms with van der Waals surface area (Å²) in [5.41, 5.74) is -0.929. The molecule has 0 N–H and O–H groups in total. The second-order valence-electron chi connectivity index (χ2n) is 11.7. The Bertz CT molecular complexity index is 1700. The quantitative estimate of drug-likeness (QED) is 0.147. The Kier molecular flexibility index (Phi) is 12.1. The highest BCUT2D eigenvalue weighted by molar-refractivity contribution is 9.10. The lowest BCUT2D eigenvalue weighted by molar-refractivity contribution is 0.450. The van der Waals surface area contributed by atoms with Gasteiger partial charge in [-0.15, -0.1) is 0 Å². The van der Waals surface area contributed by atoms with Gasteiger partial charge >= 0.3 is 0 Å². The van der Waals surface area contributed by atoms with Gasteiger partial charge in [0.25, 0.3) is 0 Å². The van der Waals surface area contributed by atoms with E-state index in [4.69, 9.17) is 10.5 Å². The number of hydrogen-bond acceptors (Lipinski definition) is 2. The molecule has 4 aromatic carbocycles. The summed E-state index contributed by atoms with van der Waals surface area (Å²) >= 11 is 3.41. The molecule has 0 fully saturated rings. The average Bonchev–Trinajstić information content (AvgIpc) is 2.96. The van der Waals surface area contributed by atoms with Crippen LogP contribution in [0, 0.1) is 69.2 Å². The molecule has 45 heavy (non-hydrogen) atoms. The minimum atomic E-state index is -1.68. The van der Waals surface area contributed by atoms with Crippen molar-refractivity contribution in [3.63, 3.8) is 0 Å². The SMILES string of the molecule is CC(C)(C)c1ccc(-c2c(F)c(F)c(C#N)c(F)c2F)cc1.CC(C)(C)c1ccc(Br)cc1.N#Cc1c(F)c(F)cc(F)c1F. The van der Waals surface area contributed by atoms with Crippen molar-refractivity contribution in [3.05, 3.63) is 128 Å². The van der Waals surface area contributed by atoms with Crippen molar-refractivity contribution in [1.29, 1.82) is 10.5 Å². The maximum atomic E-state index is 14.0. The third-order valence-electron chi connectivity index (χ3n) is 6.35. The van der Waals surface area contributed by atoms with Crippen LogP contribution < -0.4 is 0 Å². The minimum Gasteiger partial charge on any atom is -0.204 e. The topological polar surface area (TPSA) is 47.6 Å². The Hall–Kier alpha value is -4.22.